The van der Waals surface area contributed by atoms with Crippen LogP contribution in [0.4, 0.5) is 0 Å². The molecule has 0 radical (unpaired) electrons. The van der Waals surface area contributed by atoms with E-state index < -0.39 is 0 Å². The number of rotatable bonds is 0. The molecular weight excluding hydrogens is 124 g/mol. The molecule has 2 heteroatoms. The minimum absolute atomic E-state index is 0.349. The van der Waals surface area contributed by atoms with Crippen molar-refractivity contribution in [2.75, 3.05) is 6.61 Å². The minimum atomic E-state index is -0.349. The molecule has 1 nitrogen and oxygen atoms in total. The highest BCUT2D eigenvalue weighted by Gasteiger charge is 2.23. The molecule has 48 valence electrons. The normalized spacial score (nSPS) is 39.8. The second kappa shape index (κ2) is 2.24. The van der Waals surface area contributed by atoms with Gasteiger partial charge in [0.25, 0.3) is 0 Å². The first kappa shape index (κ1) is 6.37. The molecule has 0 amide bonds. The maximum Gasteiger partial charge on any atom is 0.139 e. The van der Waals surface area contributed by atoms with Crippen LogP contribution >= 0.6 is 11.6 Å². The molecule has 8 heavy (non-hydrogen) atoms. The summed E-state index contributed by atoms with van der Waals surface area (Å²) in [5.74, 6) is 0. The molecule has 1 unspecified atom stereocenters. The van der Waals surface area contributed by atoms with E-state index in [0.29, 0.717) is 0 Å². The molecule has 1 saturated heterocycles. The number of ether oxygens (including phenoxy) is 1. The number of halogens is 1. The molecule has 1 aliphatic rings. The van der Waals surface area contributed by atoms with Gasteiger partial charge in [-0.3, -0.25) is 0 Å². The van der Waals surface area contributed by atoms with Crippen molar-refractivity contribution in [1.82, 2.24) is 0 Å². The lowest BCUT2D eigenvalue weighted by Crippen LogP contribution is -2.25. The van der Waals surface area contributed by atoms with Crippen molar-refractivity contribution in [3.05, 3.63) is 0 Å². The zero-order valence-electron chi connectivity index (χ0n) is 5.11. The summed E-state index contributed by atoms with van der Waals surface area (Å²) in [4.78, 5) is 0. The van der Waals surface area contributed by atoms with E-state index in [1.54, 1.807) is 0 Å². The molecule has 0 aromatic heterocycles. The molecule has 0 aliphatic carbocycles. The highest BCUT2D eigenvalue weighted by atomic mass is 35.5. The maximum absolute atomic E-state index is 5.85. The molecule has 0 saturated carbocycles. The fourth-order valence-electron chi connectivity index (χ4n) is 0.900. The summed E-state index contributed by atoms with van der Waals surface area (Å²) in [6.45, 7) is 2.76. The van der Waals surface area contributed by atoms with E-state index in [0.717, 1.165) is 13.0 Å². The molecule has 0 bridgehead atoms. The molecule has 0 spiro atoms. The Morgan fingerprint density at radius 2 is 2.25 bits per heavy atom. The lowest BCUT2D eigenvalue weighted by Gasteiger charge is -2.26. The molecule has 0 N–H and O–H groups in total. The summed E-state index contributed by atoms with van der Waals surface area (Å²) in [6, 6.07) is 0. The smallest absolute Gasteiger partial charge is 0.139 e. The molecule has 1 rings (SSSR count). The van der Waals surface area contributed by atoms with Crippen molar-refractivity contribution in [3.8, 4) is 0 Å². The molecule has 1 heterocycles. The van der Waals surface area contributed by atoms with Gasteiger partial charge < -0.3 is 4.74 Å². The summed E-state index contributed by atoms with van der Waals surface area (Å²) < 4.78 is 5.23. The second-order valence-corrected chi connectivity index (χ2v) is 3.21. The van der Waals surface area contributed by atoms with Crippen LogP contribution in [0.1, 0.15) is 26.2 Å². The van der Waals surface area contributed by atoms with Crippen molar-refractivity contribution in [2.45, 2.75) is 31.2 Å². The van der Waals surface area contributed by atoms with E-state index >= 15 is 0 Å². The quantitative estimate of drug-likeness (QED) is 0.462. The van der Waals surface area contributed by atoms with Gasteiger partial charge in [0.1, 0.15) is 5.06 Å². The molecule has 0 aromatic carbocycles. The Kier molecular flexibility index (Phi) is 1.78. The monoisotopic (exact) mass is 134 g/mol. The third-order valence-electron chi connectivity index (χ3n) is 1.42. The van der Waals surface area contributed by atoms with Crippen LogP contribution in [0, 0.1) is 0 Å². The summed E-state index contributed by atoms with van der Waals surface area (Å²) >= 11 is 5.85. The summed E-state index contributed by atoms with van der Waals surface area (Å²) in [6.07, 6.45) is 3.37. The van der Waals surface area contributed by atoms with Gasteiger partial charge in [-0.25, -0.2) is 0 Å². The zero-order chi connectivity index (χ0) is 6.04. The molecule has 1 atom stereocenters. The first-order valence-electron chi connectivity index (χ1n) is 3.04. The lowest BCUT2D eigenvalue weighted by atomic mass is 10.1. The molecule has 0 aromatic rings. The molecule has 1 fully saturated rings. The van der Waals surface area contributed by atoms with Crippen molar-refractivity contribution in [3.63, 3.8) is 0 Å². The largest absolute Gasteiger partial charge is 0.360 e. The van der Waals surface area contributed by atoms with Crippen LogP contribution in [-0.2, 0) is 4.74 Å². The van der Waals surface area contributed by atoms with E-state index in [2.05, 4.69) is 0 Å². The second-order valence-electron chi connectivity index (χ2n) is 2.41. The average molecular weight is 135 g/mol. The topological polar surface area (TPSA) is 9.23 Å². The van der Waals surface area contributed by atoms with Crippen molar-refractivity contribution in [1.29, 1.82) is 0 Å². The zero-order valence-corrected chi connectivity index (χ0v) is 5.87. The minimum Gasteiger partial charge on any atom is -0.360 e. The Balaban J connectivity index is 2.33. The molecular formula is C6H11ClO. The van der Waals surface area contributed by atoms with Crippen molar-refractivity contribution < 1.29 is 4.74 Å². The van der Waals surface area contributed by atoms with Crippen LogP contribution in [0.5, 0.6) is 0 Å². The van der Waals surface area contributed by atoms with Gasteiger partial charge in [0.15, 0.2) is 0 Å². The fraction of sp³-hybridized carbons (Fsp3) is 1.00. The lowest BCUT2D eigenvalue weighted by molar-refractivity contribution is -0.00378. The van der Waals surface area contributed by atoms with Crippen LogP contribution < -0.4 is 0 Å². The van der Waals surface area contributed by atoms with E-state index in [4.69, 9.17) is 16.3 Å². The summed E-state index contributed by atoms with van der Waals surface area (Å²) in [5.41, 5.74) is 0. The van der Waals surface area contributed by atoms with Gasteiger partial charge in [-0.1, -0.05) is 11.6 Å². The summed E-state index contributed by atoms with van der Waals surface area (Å²) in [5, 5.41) is -0.349. The number of hydrogen-bond acceptors (Lipinski definition) is 1. The van der Waals surface area contributed by atoms with Gasteiger partial charge in [-0.05, 0) is 26.2 Å². The van der Waals surface area contributed by atoms with Gasteiger partial charge in [0, 0.05) is 6.61 Å². The highest BCUT2D eigenvalue weighted by Crippen LogP contribution is 2.27. The van der Waals surface area contributed by atoms with Gasteiger partial charge in [-0.15, -0.1) is 0 Å². The first-order chi connectivity index (χ1) is 3.71. The van der Waals surface area contributed by atoms with Crippen LogP contribution in [0.3, 0.4) is 0 Å². The summed E-state index contributed by atoms with van der Waals surface area (Å²) in [7, 11) is 0. The Morgan fingerprint density at radius 3 is 2.50 bits per heavy atom. The van der Waals surface area contributed by atoms with Crippen LogP contribution in [0.2, 0.25) is 0 Å². The van der Waals surface area contributed by atoms with E-state index in [-0.39, 0.29) is 5.06 Å². The predicted molar refractivity (Wildman–Crippen MR) is 34.1 cm³/mol. The fourth-order valence-corrected chi connectivity index (χ4v) is 1.11. The van der Waals surface area contributed by atoms with Gasteiger partial charge >= 0.3 is 0 Å². The Hall–Kier alpha value is 0.250. The highest BCUT2D eigenvalue weighted by molar-refractivity contribution is 6.22. The molecule has 1 aliphatic heterocycles. The third kappa shape index (κ3) is 1.64. The number of alkyl halides is 1. The van der Waals surface area contributed by atoms with Crippen molar-refractivity contribution in [2.24, 2.45) is 0 Å². The van der Waals surface area contributed by atoms with E-state index in [1.807, 2.05) is 6.92 Å². The van der Waals surface area contributed by atoms with Gasteiger partial charge in [0.2, 0.25) is 0 Å². The predicted octanol–water partition coefficient (Wildman–Crippen LogP) is 2.14. The van der Waals surface area contributed by atoms with E-state index in [9.17, 15) is 0 Å². The van der Waals surface area contributed by atoms with E-state index in [1.165, 1.54) is 12.8 Å². The Bertz CT molecular complexity index is 72.6. The third-order valence-corrected chi connectivity index (χ3v) is 1.72. The Morgan fingerprint density at radius 1 is 1.50 bits per heavy atom. The Labute approximate surface area is 55.0 Å². The van der Waals surface area contributed by atoms with Crippen LogP contribution in [0.15, 0.2) is 0 Å². The number of hydrogen-bond donors (Lipinski definition) is 0. The van der Waals surface area contributed by atoms with Crippen LogP contribution in [-0.4, -0.2) is 11.7 Å². The van der Waals surface area contributed by atoms with Crippen molar-refractivity contribution >= 4 is 11.6 Å². The van der Waals surface area contributed by atoms with Gasteiger partial charge in [-0.2, -0.15) is 0 Å². The SMILES string of the molecule is CC1(Cl)CCCCO1. The van der Waals surface area contributed by atoms with Crippen LogP contribution in [0.25, 0.3) is 0 Å². The first-order valence-corrected chi connectivity index (χ1v) is 3.41. The average Bonchev–Trinajstić information content (AvgIpc) is 1.65. The standard InChI is InChI=1S/C6H11ClO/c1-6(7)4-2-3-5-8-6/h2-5H2,1H3. The van der Waals surface area contributed by atoms with Gasteiger partial charge in [0.05, 0.1) is 0 Å². The maximum atomic E-state index is 5.85.